The number of piperidine rings is 1. The summed E-state index contributed by atoms with van der Waals surface area (Å²) >= 11 is 0. The molecule has 1 atom stereocenters. The second-order valence-electron chi connectivity index (χ2n) is 4.87. The predicted molar refractivity (Wildman–Crippen MR) is 64.2 cm³/mol. The zero-order valence-electron chi connectivity index (χ0n) is 10.5. The summed E-state index contributed by atoms with van der Waals surface area (Å²) in [5, 5.41) is 8.89. The van der Waals surface area contributed by atoms with E-state index in [2.05, 4.69) is 0 Å². The van der Waals surface area contributed by atoms with Crippen LogP contribution >= 0.6 is 0 Å². The molecule has 0 aromatic carbocycles. The number of hydrogen-bond donors (Lipinski definition) is 1. The molecule has 0 spiro atoms. The number of morpholine rings is 1. The minimum absolute atomic E-state index is 0.112. The van der Waals surface area contributed by atoms with Crippen molar-refractivity contribution in [1.82, 2.24) is 9.80 Å². The molecular weight excluding hydrogens is 236 g/mol. The van der Waals surface area contributed by atoms with E-state index in [1.54, 1.807) is 0 Å². The van der Waals surface area contributed by atoms with Crippen LogP contribution in [0.25, 0.3) is 0 Å². The number of carboxylic acids is 1. The summed E-state index contributed by atoms with van der Waals surface area (Å²) in [7, 11) is 0. The summed E-state index contributed by atoms with van der Waals surface area (Å²) in [5.41, 5.74) is 0. The quantitative estimate of drug-likeness (QED) is 0.756. The molecule has 18 heavy (non-hydrogen) atoms. The molecule has 1 unspecified atom stereocenters. The molecule has 0 aromatic rings. The van der Waals surface area contributed by atoms with Gasteiger partial charge in [0.25, 0.3) is 0 Å². The molecule has 2 saturated heterocycles. The Morgan fingerprint density at radius 3 is 2.56 bits per heavy atom. The number of carbonyl (C=O) groups is 2. The van der Waals surface area contributed by atoms with Gasteiger partial charge in [0, 0.05) is 26.2 Å². The Balaban J connectivity index is 1.81. The van der Waals surface area contributed by atoms with Crippen molar-refractivity contribution in [3.63, 3.8) is 0 Å². The first kappa shape index (κ1) is 13.3. The molecule has 0 saturated carbocycles. The lowest BCUT2D eigenvalue weighted by molar-refractivity contribution is -0.157. The number of nitrogens with zero attached hydrogens (tertiary/aromatic N) is 2. The lowest BCUT2D eigenvalue weighted by Crippen LogP contribution is -2.50. The molecule has 1 amide bonds. The van der Waals surface area contributed by atoms with Gasteiger partial charge in [-0.15, -0.1) is 0 Å². The van der Waals surface area contributed by atoms with E-state index >= 15 is 0 Å². The van der Waals surface area contributed by atoms with E-state index in [4.69, 9.17) is 9.84 Å². The van der Waals surface area contributed by atoms with E-state index in [0.29, 0.717) is 26.2 Å². The van der Waals surface area contributed by atoms with E-state index in [1.165, 1.54) is 6.42 Å². The van der Waals surface area contributed by atoms with Crippen LogP contribution in [0.2, 0.25) is 0 Å². The molecule has 1 N–H and O–H groups in total. The van der Waals surface area contributed by atoms with Gasteiger partial charge in [-0.25, -0.2) is 4.79 Å². The highest BCUT2D eigenvalue weighted by Gasteiger charge is 2.28. The molecule has 2 rings (SSSR count). The number of hydrogen-bond acceptors (Lipinski definition) is 4. The third-order valence-corrected chi connectivity index (χ3v) is 3.49. The monoisotopic (exact) mass is 256 g/mol. The highest BCUT2D eigenvalue weighted by molar-refractivity contribution is 5.78. The molecule has 2 heterocycles. The van der Waals surface area contributed by atoms with Crippen molar-refractivity contribution in [2.24, 2.45) is 0 Å². The highest BCUT2D eigenvalue weighted by Crippen LogP contribution is 2.11. The molecule has 2 aliphatic heterocycles. The molecular formula is C12H20N2O4. The average molecular weight is 256 g/mol. The zero-order chi connectivity index (χ0) is 13.0. The summed E-state index contributed by atoms with van der Waals surface area (Å²) < 4.78 is 5.13. The van der Waals surface area contributed by atoms with Gasteiger partial charge < -0.3 is 14.7 Å². The van der Waals surface area contributed by atoms with Crippen molar-refractivity contribution >= 4 is 11.9 Å². The minimum Gasteiger partial charge on any atom is -0.479 e. The van der Waals surface area contributed by atoms with E-state index < -0.39 is 12.1 Å². The first-order valence-electron chi connectivity index (χ1n) is 6.51. The zero-order valence-corrected chi connectivity index (χ0v) is 10.5. The minimum atomic E-state index is -0.954. The van der Waals surface area contributed by atoms with Gasteiger partial charge in [-0.3, -0.25) is 9.69 Å². The second kappa shape index (κ2) is 6.15. The molecule has 0 aromatic heterocycles. The number of amides is 1. The Labute approximate surface area is 106 Å². The highest BCUT2D eigenvalue weighted by atomic mass is 16.5. The first-order chi connectivity index (χ1) is 8.66. The van der Waals surface area contributed by atoms with Gasteiger partial charge in [-0.1, -0.05) is 0 Å². The fraction of sp³-hybridized carbons (Fsp3) is 0.833. The molecule has 2 fully saturated rings. The fourth-order valence-corrected chi connectivity index (χ4v) is 2.43. The molecule has 6 nitrogen and oxygen atoms in total. The summed E-state index contributed by atoms with van der Waals surface area (Å²) in [4.78, 5) is 26.6. The van der Waals surface area contributed by atoms with Crippen LogP contribution in [-0.4, -0.2) is 72.2 Å². The van der Waals surface area contributed by atoms with E-state index in [-0.39, 0.29) is 5.91 Å². The van der Waals surface area contributed by atoms with Crippen molar-refractivity contribution in [3.8, 4) is 0 Å². The maximum absolute atomic E-state index is 12.0. The van der Waals surface area contributed by atoms with Crippen LogP contribution in [0.4, 0.5) is 0 Å². The topological polar surface area (TPSA) is 70.1 Å². The third kappa shape index (κ3) is 3.43. The Hall–Kier alpha value is -1.14. The van der Waals surface area contributed by atoms with Crippen molar-refractivity contribution < 1.29 is 19.4 Å². The van der Waals surface area contributed by atoms with Gasteiger partial charge in [-0.05, 0) is 19.3 Å². The molecule has 0 radical (unpaired) electrons. The number of rotatable bonds is 3. The lowest BCUT2D eigenvalue weighted by Gasteiger charge is -2.33. The maximum atomic E-state index is 12.0. The van der Waals surface area contributed by atoms with Crippen LogP contribution in [0, 0.1) is 0 Å². The summed E-state index contributed by atoms with van der Waals surface area (Å²) in [6.07, 6.45) is 2.55. The molecule has 102 valence electrons. The van der Waals surface area contributed by atoms with Crippen LogP contribution < -0.4 is 0 Å². The Morgan fingerprint density at radius 2 is 1.89 bits per heavy atom. The first-order valence-corrected chi connectivity index (χ1v) is 6.51. The number of aliphatic carboxylic acids is 1. The number of likely N-dealkylation sites (tertiary alicyclic amines) is 1. The van der Waals surface area contributed by atoms with Crippen LogP contribution in [0.5, 0.6) is 0 Å². The van der Waals surface area contributed by atoms with Crippen molar-refractivity contribution in [1.29, 1.82) is 0 Å². The van der Waals surface area contributed by atoms with E-state index in [9.17, 15) is 9.59 Å². The molecule has 2 aliphatic rings. The van der Waals surface area contributed by atoms with Crippen molar-refractivity contribution in [2.45, 2.75) is 25.4 Å². The molecule has 6 heteroatoms. The number of carboxylic acid groups (broad SMARTS) is 1. The number of carbonyl (C=O) groups excluding carboxylic acids is 1. The van der Waals surface area contributed by atoms with Gasteiger partial charge in [-0.2, -0.15) is 0 Å². The lowest BCUT2D eigenvalue weighted by atomic mass is 10.1. The largest absolute Gasteiger partial charge is 0.479 e. The SMILES string of the molecule is O=C(O)C1CN(CC(=O)N2CCCCC2)CCO1. The summed E-state index contributed by atoms with van der Waals surface area (Å²) in [6.45, 7) is 3.30. The van der Waals surface area contributed by atoms with E-state index in [0.717, 1.165) is 25.9 Å². The van der Waals surface area contributed by atoms with Crippen molar-refractivity contribution in [2.75, 3.05) is 39.3 Å². The molecule has 0 bridgehead atoms. The van der Waals surface area contributed by atoms with Gasteiger partial charge in [0.2, 0.25) is 5.91 Å². The van der Waals surface area contributed by atoms with Gasteiger partial charge >= 0.3 is 5.97 Å². The Kier molecular flexibility index (Phi) is 4.54. The van der Waals surface area contributed by atoms with E-state index in [1.807, 2.05) is 9.80 Å². The average Bonchev–Trinajstić information content (AvgIpc) is 2.40. The van der Waals surface area contributed by atoms with Gasteiger partial charge in [0.1, 0.15) is 0 Å². The van der Waals surface area contributed by atoms with Crippen LogP contribution in [0.1, 0.15) is 19.3 Å². The normalized spacial score (nSPS) is 26.0. The Bertz CT molecular complexity index is 315. The Morgan fingerprint density at radius 1 is 1.17 bits per heavy atom. The third-order valence-electron chi connectivity index (χ3n) is 3.49. The molecule has 0 aliphatic carbocycles. The fourth-order valence-electron chi connectivity index (χ4n) is 2.43. The van der Waals surface area contributed by atoms with Crippen LogP contribution in [0.3, 0.4) is 0 Å². The van der Waals surface area contributed by atoms with Crippen LogP contribution in [0.15, 0.2) is 0 Å². The number of ether oxygens (including phenoxy) is 1. The summed E-state index contributed by atoms with van der Waals surface area (Å²) in [5.74, 6) is -0.842. The smallest absolute Gasteiger partial charge is 0.334 e. The van der Waals surface area contributed by atoms with Gasteiger partial charge in [0.05, 0.1) is 13.2 Å². The van der Waals surface area contributed by atoms with Crippen molar-refractivity contribution in [3.05, 3.63) is 0 Å². The standard InChI is InChI=1S/C12H20N2O4/c15-11(14-4-2-1-3-5-14)9-13-6-7-18-10(8-13)12(16)17/h10H,1-9H2,(H,16,17). The predicted octanol–water partition coefficient (Wildman–Crippen LogP) is -0.216. The second-order valence-corrected chi connectivity index (χ2v) is 4.87. The summed E-state index contributed by atoms with van der Waals surface area (Å²) in [6, 6.07) is 0. The van der Waals surface area contributed by atoms with Gasteiger partial charge in [0.15, 0.2) is 6.10 Å². The maximum Gasteiger partial charge on any atom is 0.334 e. The van der Waals surface area contributed by atoms with Crippen LogP contribution in [-0.2, 0) is 14.3 Å².